The van der Waals surface area contributed by atoms with Gasteiger partial charge in [-0.3, -0.25) is 0 Å². The third-order valence-corrected chi connectivity index (χ3v) is 2.24. The average molecular weight is 88.2 g/mol. The van der Waals surface area contributed by atoms with Gasteiger partial charge in [0.2, 0.25) is 0 Å². The Bertz CT molecular complexity index is 33.9. The Kier molecular flexibility index (Phi) is 0.745. The molecule has 2 heteroatoms. The van der Waals surface area contributed by atoms with Gasteiger partial charge in [0, 0.05) is 0 Å². The van der Waals surface area contributed by atoms with Crippen molar-refractivity contribution >= 4 is 9.52 Å². The van der Waals surface area contributed by atoms with Crippen LogP contribution in [0.15, 0.2) is 0 Å². The minimum absolute atomic E-state index is 0.238. The fourth-order valence-corrected chi connectivity index (χ4v) is 0.911. The van der Waals surface area contributed by atoms with Crippen LogP contribution in [0, 0.1) is 0 Å². The molecule has 0 radical (unpaired) electrons. The Labute approximate surface area is 34.2 Å². The highest BCUT2D eigenvalue weighted by molar-refractivity contribution is 6.36. The second kappa shape index (κ2) is 1.10. The topological polar surface area (TPSA) is 12.5 Å². The van der Waals surface area contributed by atoms with E-state index in [1.807, 2.05) is 0 Å². The highest BCUT2D eigenvalue weighted by Crippen LogP contribution is 2.04. The van der Waals surface area contributed by atoms with E-state index in [9.17, 15) is 0 Å². The molecular formula is C3H8OSi. The van der Waals surface area contributed by atoms with Gasteiger partial charge in [0.25, 0.3) is 0 Å². The molecule has 30 valence electrons. The van der Waals surface area contributed by atoms with Gasteiger partial charge in [-0.05, 0) is 0 Å². The van der Waals surface area contributed by atoms with Crippen LogP contribution in [0.2, 0.25) is 6.55 Å². The lowest BCUT2D eigenvalue weighted by molar-refractivity contribution is 0.455. The highest BCUT2D eigenvalue weighted by atomic mass is 28.2. The molecule has 1 unspecified atom stereocenters. The predicted octanol–water partition coefficient (Wildman–Crippen LogP) is -0.440. The van der Waals surface area contributed by atoms with Gasteiger partial charge in [0.15, 0.2) is 0 Å². The van der Waals surface area contributed by atoms with Gasteiger partial charge in [0.1, 0.15) is 0 Å². The summed E-state index contributed by atoms with van der Waals surface area (Å²) >= 11 is 0. The van der Waals surface area contributed by atoms with Crippen molar-refractivity contribution in [3.05, 3.63) is 0 Å². The van der Waals surface area contributed by atoms with E-state index in [2.05, 4.69) is 6.55 Å². The summed E-state index contributed by atoms with van der Waals surface area (Å²) in [5.74, 6) is 0. The molecule has 0 aromatic carbocycles. The summed E-state index contributed by atoms with van der Waals surface area (Å²) in [4.78, 5) is 0. The van der Waals surface area contributed by atoms with Crippen molar-refractivity contribution in [2.75, 3.05) is 6.61 Å². The van der Waals surface area contributed by atoms with Crippen molar-refractivity contribution in [1.82, 2.24) is 0 Å². The summed E-state index contributed by atoms with van der Waals surface area (Å²) in [7, 11) is 0.238. The molecule has 1 heterocycles. The first kappa shape index (κ1) is 3.37. The van der Waals surface area contributed by atoms with Gasteiger partial charge in [0.05, 0.1) is 21.9 Å². The molecule has 0 spiro atoms. The predicted molar refractivity (Wildman–Crippen MR) is 24.1 cm³/mol. The normalized spacial score (nSPS) is 36.6. The van der Waals surface area contributed by atoms with Crippen LogP contribution in [-0.4, -0.2) is 21.9 Å². The average Bonchev–Trinajstić information content (AvgIpc) is 2.12. The van der Waals surface area contributed by atoms with Crippen LogP contribution in [-0.2, 0) is 4.74 Å². The first-order chi connectivity index (χ1) is 2.43. The Morgan fingerprint density at radius 2 is 2.60 bits per heavy atom. The molecule has 1 fully saturated rings. The molecule has 1 aliphatic heterocycles. The zero-order valence-corrected chi connectivity index (χ0v) is 4.81. The van der Waals surface area contributed by atoms with Gasteiger partial charge in [-0.15, -0.1) is 0 Å². The summed E-state index contributed by atoms with van der Waals surface area (Å²) < 4.78 is 4.92. The number of hydrogen-bond acceptors (Lipinski definition) is 1. The molecule has 0 N–H and O–H groups in total. The zero-order valence-electron chi connectivity index (χ0n) is 3.40. The van der Waals surface area contributed by atoms with Crippen molar-refractivity contribution in [3.63, 3.8) is 0 Å². The summed E-state index contributed by atoms with van der Waals surface area (Å²) in [5.41, 5.74) is 0.773. The van der Waals surface area contributed by atoms with Gasteiger partial charge < -0.3 is 4.74 Å². The van der Waals surface area contributed by atoms with Crippen LogP contribution >= 0.6 is 0 Å². The van der Waals surface area contributed by atoms with Crippen molar-refractivity contribution < 1.29 is 4.74 Å². The molecule has 0 saturated carbocycles. The highest BCUT2D eigenvalue weighted by Gasteiger charge is 2.18. The van der Waals surface area contributed by atoms with Gasteiger partial charge in [-0.25, -0.2) is 0 Å². The largest absolute Gasteiger partial charge is 0.378 e. The summed E-state index contributed by atoms with van der Waals surface area (Å²) in [5, 5.41) is 0. The number of hydrogen-bond donors (Lipinski definition) is 0. The van der Waals surface area contributed by atoms with E-state index in [0.29, 0.717) is 0 Å². The van der Waals surface area contributed by atoms with Gasteiger partial charge >= 0.3 is 0 Å². The molecule has 1 atom stereocenters. The second-order valence-corrected chi connectivity index (χ2v) is 3.09. The van der Waals surface area contributed by atoms with Crippen LogP contribution in [0.4, 0.5) is 0 Å². The smallest absolute Gasteiger partial charge is 0.0692 e. The standard InChI is InChI=1S/C3H8OSi/c1-5-3-2-4-3/h3H,2,5H2,1H3. The van der Waals surface area contributed by atoms with Crippen LogP contribution in [0.3, 0.4) is 0 Å². The van der Waals surface area contributed by atoms with E-state index in [1.165, 1.54) is 0 Å². The van der Waals surface area contributed by atoms with E-state index in [0.717, 1.165) is 12.3 Å². The third kappa shape index (κ3) is 0.739. The lowest BCUT2D eigenvalue weighted by Crippen LogP contribution is -1.89. The minimum atomic E-state index is 0.238. The molecule has 1 saturated heterocycles. The minimum Gasteiger partial charge on any atom is -0.378 e. The zero-order chi connectivity index (χ0) is 3.70. The fourth-order valence-electron chi connectivity index (χ4n) is 0.304. The van der Waals surface area contributed by atoms with Crippen LogP contribution in [0.25, 0.3) is 0 Å². The number of rotatable bonds is 1. The van der Waals surface area contributed by atoms with Crippen molar-refractivity contribution in [3.8, 4) is 0 Å². The third-order valence-electron chi connectivity index (χ3n) is 0.858. The lowest BCUT2D eigenvalue weighted by atomic mass is 11.0. The van der Waals surface area contributed by atoms with E-state index in [-0.39, 0.29) is 9.52 Å². The van der Waals surface area contributed by atoms with E-state index < -0.39 is 0 Å². The summed E-state index contributed by atoms with van der Waals surface area (Å²) in [6.07, 6.45) is 0. The molecule has 5 heavy (non-hydrogen) atoms. The molecule has 1 rings (SSSR count). The quantitative estimate of drug-likeness (QED) is 0.313. The molecule has 0 aromatic rings. The Balaban J connectivity index is 2.00. The van der Waals surface area contributed by atoms with E-state index in [1.54, 1.807) is 0 Å². The molecular weight excluding hydrogens is 80.1 g/mol. The second-order valence-electron chi connectivity index (χ2n) is 1.36. The van der Waals surface area contributed by atoms with Gasteiger partial charge in [-0.2, -0.15) is 0 Å². The summed E-state index contributed by atoms with van der Waals surface area (Å²) in [6, 6.07) is 0. The van der Waals surface area contributed by atoms with Crippen molar-refractivity contribution in [1.29, 1.82) is 0 Å². The lowest BCUT2D eigenvalue weighted by Gasteiger charge is -1.67. The SMILES string of the molecule is C[SiH2]C1CO1. The van der Waals surface area contributed by atoms with Crippen molar-refractivity contribution in [2.45, 2.75) is 12.3 Å². The Morgan fingerprint density at radius 1 is 2.00 bits per heavy atom. The van der Waals surface area contributed by atoms with Crippen LogP contribution in [0.1, 0.15) is 0 Å². The number of ether oxygens (including phenoxy) is 1. The van der Waals surface area contributed by atoms with Gasteiger partial charge in [-0.1, -0.05) is 6.55 Å². The molecule has 1 nitrogen and oxygen atoms in total. The summed E-state index contributed by atoms with van der Waals surface area (Å²) in [6.45, 7) is 3.35. The van der Waals surface area contributed by atoms with E-state index in [4.69, 9.17) is 4.74 Å². The first-order valence-electron chi connectivity index (χ1n) is 2.05. The fraction of sp³-hybridized carbons (Fsp3) is 1.00. The Morgan fingerprint density at radius 3 is 2.60 bits per heavy atom. The molecule has 0 aliphatic carbocycles. The maximum Gasteiger partial charge on any atom is 0.0692 e. The van der Waals surface area contributed by atoms with Crippen LogP contribution < -0.4 is 0 Å². The Hall–Kier alpha value is 0.177. The molecule has 1 aliphatic rings. The van der Waals surface area contributed by atoms with E-state index >= 15 is 0 Å². The molecule has 0 amide bonds. The van der Waals surface area contributed by atoms with Crippen molar-refractivity contribution in [2.24, 2.45) is 0 Å². The maximum atomic E-state index is 4.92. The maximum absolute atomic E-state index is 4.92. The number of epoxide rings is 1. The molecule has 0 aromatic heterocycles. The monoisotopic (exact) mass is 88.0 g/mol. The van der Waals surface area contributed by atoms with Crippen LogP contribution in [0.5, 0.6) is 0 Å². The molecule has 0 bridgehead atoms. The first-order valence-corrected chi connectivity index (χ1v) is 4.28.